The second-order valence-corrected chi connectivity index (χ2v) is 9.70. The molecule has 5 rings (SSSR count). The first-order valence-electron chi connectivity index (χ1n) is 11.8. The van der Waals surface area contributed by atoms with Gasteiger partial charge in [0.05, 0.1) is 33.7 Å². The van der Waals surface area contributed by atoms with Crippen molar-refractivity contribution in [2.45, 2.75) is 26.6 Å². The third kappa shape index (κ3) is 5.20. The highest BCUT2D eigenvalue weighted by Gasteiger charge is 2.20. The molecule has 3 aromatic heterocycles. The van der Waals surface area contributed by atoms with Gasteiger partial charge >= 0.3 is 0 Å². The van der Waals surface area contributed by atoms with Gasteiger partial charge in [-0.3, -0.25) is 9.48 Å². The lowest BCUT2D eigenvalue weighted by molar-refractivity contribution is 0.102. The van der Waals surface area contributed by atoms with Crippen LogP contribution in [0.5, 0.6) is 0 Å². The summed E-state index contributed by atoms with van der Waals surface area (Å²) in [6.45, 7) is 4.28. The first-order valence-corrected chi connectivity index (χ1v) is 12.7. The number of hydrogen-bond acceptors (Lipinski definition) is 8. The first kappa shape index (κ1) is 25.3. The zero-order valence-corrected chi connectivity index (χ0v) is 21.8. The van der Waals surface area contributed by atoms with Crippen molar-refractivity contribution in [2.24, 2.45) is 0 Å². The minimum absolute atomic E-state index is 0.283. The number of nitrogens with zero attached hydrogens (tertiary/aromatic N) is 4. The van der Waals surface area contributed by atoms with Gasteiger partial charge < -0.3 is 21.1 Å². The van der Waals surface area contributed by atoms with Crippen molar-refractivity contribution in [1.82, 2.24) is 19.7 Å². The minimum Gasteiger partial charge on any atom is -0.382 e. The lowest BCUT2D eigenvalue weighted by atomic mass is 10.1. The van der Waals surface area contributed by atoms with E-state index in [9.17, 15) is 9.18 Å². The number of aryl methyl sites for hydroxylation is 2. The highest BCUT2D eigenvalue weighted by atomic mass is 32.1. The van der Waals surface area contributed by atoms with E-state index in [1.165, 1.54) is 29.8 Å². The number of nitrogens with one attached hydrogen (secondary N) is 2. The Morgan fingerprint density at radius 1 is 1.16 bits per heavy atom. The quantitative estimate of drug-likeness (QED) is 0.233. The van der Waals surface area contributed by atoms with E-state index >= 15 is 0 Å². The third-order valence-corrected chi connectivity index (χ3v) is 7.08. The Hall–Kier alpha value is -4.35. The summed E-state index contributed by atoms with van der Waals surface area (Å²) in [5.41, 5.74) is 11.7. The van der Waals surface area contributed by atoms with Gasteiger partial charge in [0.25, 0.3) is 5.91 Å². The Kier molecular flexibility index (Phi) is 7.03. The maximum atomic E-state index is 13.4. The largest absolute Gasteiger partial charge is 0.382 e. The lowest BCUT2D eigenvalue weighted by Gasteiger charge is -2.21. The summed E-state index contributed by atoms with van der Waals surface area (Å²) in [6.07, 6.45) is 0.827. The molecule has 2 aromatic carbocycles. The van der Waals surface area contributed by atoms with Gasteiger partial charge in [0.2, 0.25) is 0 Å². The van der Waals surface area contributed by atoms with Gasteiger partial charge in [0.15, 0.2) is 6.23 Å². The van der Waals surface area contributed by atoms with Crippen molar-refractivity contribution in [1.29, 1.82) is 0 Å². The molecule has 11 heteroatoms. The molecule has 5 aromatic rings. The van der Waals surface area contributed by atoms with Crippen LogP contribution in [-0.4, -0.2) is 32.8 Å². The number of nitrogens with two attached hydrogens (primary N) is 1. The number of thiophene rings is 1. The molecule has 0 aliphatic heterocycles. The van der Waals surface area contributed by atoms with E-state index in [-0.39, 0.29) is 11.7 Å². The van der Waals surface area contributed by atoms with Gasteiger partial charge in [0.1, 0.15) is 18.0 Å². The summed E-state index contributed by atoms with van der Waals surface area (Å²) in [5.74, 6) is -0.222. The van der Waals surface area contributed by atoms with Crippen LogP contribution < -0.4 is 16.4 Å². The number of nitrogen functional groups attached to an aromatic ring is 1. The van der Waals surface area contributed by atoms with E-state index in [1.807, 2.05) is 42.8 Å². The summed E-state index contributed by atoms with van der Waals surface area (Å²) in [6, 6.07) is 14.0. The molecule has 1 amide bonds. The smallest absolute Gasteiger partial charge is 0.258 e. The van der Waals surface area contributed by atoms with Crippen molar-refractivity contribution < 1.29 is 13.9 Å². The predicted octanol–water partition coefficient (Wildman–Crippen LogP) is 5.28. The van der Waals surface area contributed by atoms with Gasteiger partial charge in [0, 0.05) is 23.9 Å². The summed E-state index contributed by atoms with van der Waals surface area (Å²) in [7, 11) is 1.61. The maximum Gasteiger partial charge on any atom is 0.258 e. The number of hydrogen-bond donors (Lipinski definition) is 3. The number of ether oxygens (including phenoxy) is 1. The summed E-state index contributed by atoms with van der Waals surface area (Å²) in [5, 5.41) is 12.7. The molecule has 0 bridgehead atoms. The van der Waals surface area contributed by atoms with Gasteiger partial charge in [-0.25, -0.2) is 14.4 Å². The van der Waals surface area contributed by atoms with Crippen LogP contribution >= 0.6 is 11.3 Å². The van der Waals surface area contributed by atoms with Crippen LogP contribution in [0.3, 0.4) is 0 Å². The van der Waals surface area contributed by atoms with Crippen LogP contribution in [0.4, 0.5) is 21.6 Å². The predicted molar refractivity (Wildman–Crippen MR) is 147 cm³/mol. The fraction of sp³-hybridized carbons (Fsp3) is 0.185. The van der Waals surface area contributed by atoms with E-state index in [0.717, 1.165) is 28.2 Å². The molecule has 4 N–H and O–H groups in total. The van der Waals surface area contributed by atoms with Crippen LogP contribution in [0, 0.1) is 19.7 Å². The molecule has 1 unspecified atom stereocenters. The van der Waals surface area contributed by atoms with Crippen molar-refractivity contribution in [3.8, 4) is 0 Å². The standard InChI is InChI=1S/C27H26FN7O2S/c1-15-4-9-19(11-21(15)33-26(36)20-13-38-24-23(20)30-14-31-25(24)29)32-27(37-3)22-10-16(2)34-35(22)12-17-5-7-18(28)8-6-17/h4-11,13-14,27,32H,12H2,1-3H3,(H,33,36)(H2,29,30,31). The van der Waals surface area contributed by atoms with Gasteiger partial charge in [-0.1, -0.05) is 18.2 Å². The van der Waals surface area contributed by atoms with E-state index in [2.05, 4.69) is 25.7 Å². The second-order valence-electron chi connectivity index (χ2n) is 8.82. The molecule has 38 heavy (non-hydrogen) atoms. The molecule has 194 valence electrons. The molecular formula is C27H26FN7O2S. The summed E-state index contributed by atoms with van der Waals surface area (Å²) < 4.78 is 21.6. The van der Waals surface area contributed by atoms with Crippen LogP contribution in [0.25, 0.3) is 10.2 Å². The Balaban J connectivity index is 1.37. The number of methoxy groups -OCH3 is 1. The molecule has 0 saturated carbocycles. The average Bonchev–Trinajstić information content (AvgIpc) is 3.50. The highest BCUT2D eigenvalue weighted by Crippen LogP contribution is 2.30. The van der Waals surface area contributed by atoms with E-state index in [1.54, 1.807) is 24.6 Å². The highest BCUT2D eigenvalue weighted by molar-refractivity contribution is 7.18. The Morgan fingerprint density at radius 2 is 1.95 bits per heavy atom. The van der Waals surface area contributed by atoms with Gasteiger partial charge in [-0.15, -0.1) is 11.3 Å². The van der Waals surface area contributed by atoms with Crippen LogP contribution in [0.1, 0.15) is 39.1 Å². The number of carbonyl (C=O) groups is 1. The molecule has 0 saturated heterocycles. The van der Waals surface area contributed by atoms with Gasteiger partial charge in [-0.05, 0) is 55.3 Å². The Morgan fingerprint density at radius 3 is 2.71 bits per heavy atom. The number of rotatable bonds is 8. The van der Waals surface area contributed by atoms with Crippen LogP contribution in [-0.2, 0) is 11.3 Å². The average molecular weight is 532 g/mol. The molecule has 0 fully saturated rings. The molecule has 9 nitrogen and oxygen atoms in total. The summed E-state index contributed by atoms with van der Waals surface area (Å²) in [4.78, 5) is 21.3. The van der Waals surface area contributed by atoms with Crippen molar-refractivity contribution in [3.63, 3.8) is 0 Å². The topological polar surface area (TPSA) is 120 Å². The van der Waals surface area contributed by atoms with E-state index < -0.39 is 6.23 Å². The number of benzene rings is 2. The van der Waals surface area contributed by atoms with Crippen LogP contribution in [0.15, 0.2) is 60.2 Å². The molecule has 3 heterocycles. The van der Waals surface area contributed by atoms with E-state index in [0.29, 0.717) is 33.8 Å². The Bertz CT molecular complexity index is 1610. The number of fused-ring (bicyclic) bond motifs is 1. The SMILES string of the molecule is COC(Nc1ccc(C)c(NC(=O)c2csc3c(N)ncnc23)c1)c1cc(C)nn1Cc1ccc(F)cc1. The number of aromatic nitrogens is 4. The lowest BCUT2D eigenvalue weighted by Crippen LogP contribution is -2.19. The van der Waals surface area contributed by atoms with Crippen molar-refractivity contribution >= 4 is 44.7 Å². The van der Waals surface area contributed by atoms with E-state index in [4.69, 9.17) is 10.5 Å². The Labute approximate surface area is 222 Å². The molecular weight excluding hydrogens is 505 g/mol. The monoisotopic (exact) mass is 531 g/mol. The zero-order valence-electron chi connectivity index (χ0n) is 21.0. The van der Waals surface area contributed by atoms with Crippen molar-refractivity contribution in [2.75, 3.05) is 23.5 Å². The minimum atomic E-state index is -0.525. The molecule has 0 aliphatic carbocycles. The molecule has 1 atom stereocenters. The third-order valence-electron chi connectivity index (χ3n) is 6.09. The fourth-order valence-corrected chi connectivity index (χ4v) is 5.04. The fourth-order valence-electron chi connectivity index (χ4n) is 4.14. The number of amides is 1. The number of carbonyl (C=O) groups excluding carboxylic acids is 1. The van der Waals surface area contributed by atoms with Gasteiger partial charge in [-0.2, -0.15) is 5.10 Å². The maximum absolute atomic E-state index is 13.4. The molecule has 0 aliphatic rings. The zero-order chi connectivity index (χ0) is 26.8. The molecule has 0 radical (unpaired) electrons. The number of halogens is 1. The molecule has 0 spiro atoms. The first-order chi connectivity index (χ1) is 18.3. The summed E-state index contributed by atoms with van der Waals surface area (Å²) >= 11 is 1.33. The van der Waals surface area contributed by atoms with Crippen molar-refractivity contribution in [3.05, 3.63) is 94.1 Å². The normalized spacial score (nSPS) is 12.0. The van der Waals surface area contributed by atoms with Crippen LogP contribution in [0.2, 0.25) is 0 Å². The number of anilines is 3. The second kappa shape index (κ2) is 10.6.